The summed E-state index contributed by atoms with van der Waals surface area (Å²) >= 11 is 7.71. The number of hydrogen-bond donors (Lipinski definition) is 1. The molecule has 0 fully saturated rings. The molecule has 4 nitrogen and oxygen atoms in total. The largest absolute Gasteiger partial charge is 0.497 e. The van der Waals surface area contributed by atoms with E-state index >= 15 is 0 Å². The summed E-state index contributed by atoms with van der Waals surface area (Å²) in [5, 5.41) is 3.91. The molecule has 2 rings (SSSR count). The highest BCUT2D eigenvalue weighted by Crippen LogP contribution is 2.28. The van der Waals surface area contributed by atoms with Crippen LogP contribution in [0, 0.1) is 0 Å². The fourth-order valence-corrected chi connectivity index (χ4v) is 2.90. The van der Waals surface area contributed by atoms with Gasteiger partial charge in [-0.1, -0.05) is 11.6 Å². The number of thiophene rings is 1. The molecule has 21 heavy (non-hydrogen) atoms. The van der Waals surface area contributed by atoms with Crippen molar-refractivity contribution in [3.05, 3.63) is 45.1 Å². The zero-order chi connectivity index (χ0) is 15.2. The first-order chi connectivity index (χ1) is 10.1. The Kier molecular flexibility index (Phi) is 5.47. The predicted molar refractivity (Wildman–Crippen MR) is 85.4 cm³/mol. The van der Waals surface area contributed by atoms with E-state index in [2.05, 4.69) is 10.1 Å². The van der Waals surface area contributed by atoms with Crippen LogP contribution in [0.2, 0.25) is 5.02 Å². The molecular weight excluding hydrogens is 310 g/mol. The Labute approximate surface area is 132 Å². The lowest BCUT2D eigenvalue weighted by Gasteiger charge is -2.09. The molecule has 0 aliphatic rings. The van der Waals surface area contributed by atoms with Gasteiger partial charge in [0.2, 0.25) is 0 Å². The first-order valence-corrected chi connectivity index (χ1v) is 7.53. The van der Waals surface area contributed by atoms with Crippen molar-refractivity contribution >= 4 is 34.6 Å². The number of nitrogens with one attached hydrogen (secondary N) is 1. The van der Waals surface area contributed by atoms with E-state index in [0.717, 1.165) is 21.2 Å². The molecule has 0 spiro atoms. The summed E-state index contributed by atoms with van der Waals surface area (Å²) in [5.74, 6) is 0.520. The predicted octanol–water partition coefficient (Wildman–Crippen LogP) is 3.74. The van der Waals surface area contributed by atoms with Crippen molar-refractivity contribution in [3.8, 4) is 5.75 Å². The highest BCUT2D eigenvalue weighted by Gasteiger charge is 2.07. The van der Waals surface area contributed by atoms with Crippen LogP contribution < -0.4 is 10.1 Å². The van der Waals surface area contributed by atoms with Gasteiger partial charge in [0.15, 0.2) is 0 Å². The van der Waals surface area contributed by atoms with Gasteiger partial charge in [-0.25, -0.2) is 0 Å². The minimum Gasteiger partial charge on any atom is -0.497 e. The molecule has 1 aromatic carbocycles. The van der Waals surface area contributed by atoms with E-state index in [-0.39, 0.29) is 5.97 Å². The Hall–Kier alpha value is -1.72. The van der Waals surface area contributed by atoms with Gasteiger partial charge in [0.05, 0.1) is 31.4 Å². The van der Waals surface area contributed by atoms with Gasteiger partial charge >= 0.3 is 5.97 Å². The van der Waals surface area contributed by atoms with Crippen LogP contribution >= 0.6 is 22.9 Å². The average Bonchev–Trinajstić information content (AvgIpc) is 2.93. The number of carbonyl (C=O) groups is 1. The molecule has 0 aliphatic carbocycles. The number of anilines is 1. The van der Waals surface area contributed by atoms with Crippen molar-refractivity contribution < 1.29 is 14.3 Å². The van der Waals surface area contributed by atoms with Gasteiger partial charge in [-0.05, 0) is 24.3 Å². The number of esters is 1. The molecular formula is C15H16ClNO3S. The molecule has 0 radical (unpaired) electrons. The van der Waals surface area contributed by atoms with Gasteiger partial charge in [0, 0.05) is 22.4 Å². The summed E-state index contributed by atoms with van der Waals surface area (Å²) in [6.07, 6.45) is 0.307. The quantitative estimate of drug-likeness (QED) is 0.822. The minimum absolute atomic E-state index is 0.229. The molecule has 0 unspecified atom stereocenters. The van der Waals surface area contributed by atoms with Gasteiger partial charge in [0.25, 0.3) is 0 Å². The molecule has 0 saturated heterocycles. The molecule has 112 valence electrons. The third-order valence-corrected chi connectivity index (χ3v) is 4.30. The summed E-state index contributed by atoms with van der Waals surface area (Å²) in [7, 11) is 3.01. The van der Waals surface area contributed by atoms with Crippen molar-refractivity contribution in [2.75, 3.05) is 19.5 Å². The lowest BCUT2D eigenvalue weighted by Crippen LogP contribution is -2.02. The third-order valence-electron chi connectivity index (χ3n) is 2.89. The van der Waals surface area contributed by atoms with E-state index in [9.17, 15) is 4.79 Å². The lowest BCUT2D eigenvalue weighted by molar-refractivity contribution is -0.139. The van der Waals surface area contributed by atoms with E-state index < -0.39 is 0 Å². The molecule has 0 amide bonds. The Bertz CT molecular complexity index is 627. The van der Waals surface area contributed by atoms with Crippen LogP contribution in [-0.2, 0) is 22.5 Å². The number of methoxy groups -OCH3 is 2. The molecule has 1 N–H and O–H groups in total. The maximum atomic E-state index is 11.2. The molecule has 0 aliphatic heterocycles. The van der Waals surface area contributed by atoms with Crippen molar-refractivity contribution in [3.63, 3.8) is 0 Å². The Morgan fingerprint density at radius 1 is 1.24 bits per heavy atom. The molecule has 0 bridgehead atoms. The maximum Gasteiger partial charge on any atom is 0.310 e. The second-order valence-electron chi connectivity index (χ2n) is 4.32. The van der Waals surface area contributed by atoms with Crippen LogP contribution in [0.1, 0.15) is 9.75 Å². The summed E-state index contributed by atoms with van der Waals surface area (Å²) in [5.41, 5.74) is 0.818. The topological polar surface area (TPSA) is 47.6 Å². The monoisotopic (exact) mass is 325 g/mol. The van der Waals surface area contributed by atoms with Crippen LogP contribution in [-0.4, -0.2) is 20.2 Å². The first-order valence-electron chi connectivity index (χ1n) is 6.34. The smallest absolute Gasteiger partial charge is 0.310 e. The van der Waals surface area contributed by atoms with Crippen molar-refractivity contribution in [2.24, 2.45) is 0 Å². The van der Waals surface area contributed by atoms with Gasteiger partial charge < -0.3 is 14.8 Å². The molecule has 2 aromatic rings. The van der Waals surface area contributed by atoms with Crippen LogP contribution in [0.25, 0.3) is 0 Å². The Morgan fingerprint density at radius 3 is 2.71 bits per heavy atom. The van der Waals surface area contributed by atoms with Gasteiger partial charge in [-0.15, -0.1) is 11.3 Å². The summed E-state index contributed by atoms with van der Waals surface area (Å²) < 4.78 is 9.83. The van der Waals surface area contributed by atoms with Crippen molar-refractivity contribution in [1.29, 1.82) is 0 Å². The number of ether oxygens (including phenoxy) is 2. The van der Waals surface area contributed by atoms with E-state index in [4.69, 9.17) is 16.3 Å². The fourth-order valence-electron chi connectivity index (χ4n) is 1.78. The summed E-state index contributed by atoms with van der Waals surface area (Å²) in [6.45, 7) is 0.638. The van der Waals surface area contributed by atoms with Crippen LogP contribution in [0.5, 0.6) is 5.75 Å². The van der Waals surface area contributed by atoms with Gasteiger partial charge in [-0.2, -0.15) is 0 Å². The van der Waals surface area contributed by atoms with Crippen molar-refractivity contribution in [2.45, 2.75) is 13.0 Å². The second-order valence-corrected chi connectivity index (χ2v) is 5.98. The zero-order valence-electron chi connectivity index (χ0n) is 11.8. The standard InChI is InChI=1S/C15H16ClNO3S/c1-19-10-3-6-13(16)14(7-10)17-9-12-5-4-11(21-12)8-15(18)20-2/h3-7,17H,8-9H2,1-2H3. The lowest BCUT2D eigenvalue weighted by atomic mass is 10.3. The number of benzene rings is 1. The van der Waals surface area contributed by atoms with E-state index in [0.29, 0.717) is 18.0 Å². The van der Waals surface area contributed by atoms with Crippen LogP contribution in [0.15, 0.2) is 30.3 Å². The molecule has 0 saturated carbocycles. The van der Waals surface area contributed by atoms with Crippen LogP contribution in [0.4, 0.5) is 5.69 Å². The van der Waals surface area contributed by atoms with E-state index in [1.54, 1.807) is 24.5 Å². The van der Waals surface area contributed by atoms with Gasteiger partial charge in [0.1, 0.15) is 5.75 Å². The maximum absolute atomic E-state index is 11.2. The number of rotatable bonds is 6. The second kappa shape index (κ2) is 7.33. The number of halogens is 1. The van der Waals surface area contributed by atoms with Crippen LogP contribution in [0.3, 0.4) is 0 Å². The normalized spacial score (nSPS) is 10.2. The molecule has 6 heteroatoms. The SMILES string of the molecule is COC(=O)Cc1ccc(CNc2cc(OC)ccc2Cl)s1. The van der Waals surface area contributed by atoms with E-state index in [1.807, 2.05) is 24.3 Å². The third kappa shape index (κ3) is 4.37. The highest BCUT2D eigenvalue weighted by atomic mass is 35.5. The number of hydrogen-bond acceptors (Lipinski definition) is 5. The number of carbonyl (C=O) groups excluding carboxylic acids is 1. The fraction of sp³-hybridized carbons (Fsp3) is 0.267. The first kappa shape index (κ1) is 15.7. The molecule has 1 aromatic heterocycles. The average molecular weight is 326 g/mol. The van der Waals surface area contributed by atoms with Crippen molar-refractivity contribution in [1.82, 2.24) is 0 Å². The highest BCUT2D eigenvalue weighted by molar-refractivity contribution is 7.12. The summed E-state index contributed by atoms with van der Waals surface area (Å²) in [6, 6.07) is 9.38. The van der Waals surface area contributed by atoms with E-state index in [1.165, 1.54) is 7.11 Å². The Morgan fingerprint density at radius 2 is 2.00 bits per heavy atom. The minimum atomic E-state index is -0.229. The molecule has 0 atom stereocenters. The molecule has 1 heterocycles. The Balaban J connectivity index is 1.98. The van der Waals surface area contributed by atoms with Gasteiger partial charge in [-0.3, -0.25) is 4.79 Å². The zero-order valence-corrected chi connectivity index (χ0v) is 13.4. The summed E-state index contributed by atoms with van der Waals surface area (Å²) in [4.78, 5) is 13.3.